The molecule has 7 heteroatoms. The Morgan fingerprint density at radius 3 is 2.31 bits per heavy atom. The summed E-state index contributed by atoms with van der Waals surface area (Å²) in [4.78, 5) is 31.4. The first-order valence-electron chi connectivity index (χ1n) is 11.9. The van der Waals surface area contributed by atoms with Crippen molar-refractivity contribution in [1.29, 1.82) is 0 Å². The molecule has 1 fully saturated rings. The summed E-state index contributed by atoms with van der Waals surface area (Å²) in [6, 6.07) is 25.4. The highest BCUT2D eigenvalue weighted by Gasteiger charge is 2.24. The van der Waals surface area contributed by atoms with Crippen molar-refractivity contribution in [2.45, 2.75) is 42.2 Å². The fourth-order valence-electron chi connectivity index (χ4n) is 4.36. The Labute approximate surface area is 213 Å². The van der Waals surface area contributed by atoms with Gasteiger partial charge in [0.25, 0.3) is 0 Å². The summed E-state index contributed by atoms with van der Waals surface area (Å²) in [5, 5.41) is 6.23. The molecule has 35 heavy (non-hydrogen) atoms. The van der Waals surface area contributed by atoms with E-state index in [-0.39, 0.29) is 17.7 Å². The lowest BCUT2D eigenvalue weighted by molar-refractivity contribution is -0.120. The maximum atomic E-state index is 13.4. The molecule has 3 aromatic carbocycles. The Bertz CT molecular complexity index is 1270. The first-order valence-corrected chi connectivity index (χ1v) is 13.6. The van der Waals surface area contributed by atoms with Crippen LogP contribution >= 0.6 is 23.1 Å². The molecule has 0 spiro atoms. The van der Waals surface area contributed by atoms with Gasteiger partial charge in [0.2, 0.25) is 11.8 Å². The number of carbonyl (C=O) groups excluding carboxylic acids is 2. The van der Waals surface area contributed by atoms with Gasteiger partial charge in [-0.25, -0.2) is 4.98 Å². The lowest BCUT2D eigenvalue weighted by Crippen LogP contribution is -2.24. The summed E-state index contributed by atoms with van der Waals surface area (Å²) in [6.45, 7) is 0. The molecule has 1 heterocycles. The number of nitrogens with zero attached hydrogens (tertiary/aromatic N) is 1. The van der Waals surface area contributed by atoms with E-state index < -0.39 is 5.25 Å². The Balaban J connectivity index is 1.29. The van der Waals surface area contributed by atoms with Crippen LogP contribution in [0.1, 0.15) is 42.9 Å². The zero-order valence-corrected chi connectivity index (χ0v) is 20.9. The molecular weight excluding hydrogens is 474 g/mol. The van der Waals surface area contributed by atoms with E-state index in [2.05, 4.69) is 15.6 Å². The van der Waals surface area contributed by atoms with Crippen LogP contribution in [0, 0.1) is 5.92 Å². The van der Waals surface area contributed by atoms with Crippen molar-refractivity contribution in [2.24, 2.45) is 5.92 Å². The number of carbonyl (C=O) groups is 2. The van der Waals surface area contributed by atoms with E-state index in [1.165, 1.54) is 29.5 Å². The van der Waals surface area contributed by atoms with Gasteiger partial charge in [-0.2, -0.15) is 0 Å². The minimum atomic E-state index is -0.439. The van der Waals surface area contributed by atoms with Crippen molar-refractivity contribution in [1.82, 2.24) is 4.98 Å². The van der Waals surface area contributed by atoms with Gasteiger partial charge >= 0.3 is 0 Å². The van der Waals surface area contributed by atoms with E-state index in [0.29, 0.717) is 5.13 Å². The summed E-state index contributed by atoms with van der Waals surface area (Å²) >= 11 is 2.96. The maximum Gasteiger partial charge on any atom is 0.244 e. The van der Waals surface area contributed by atoms with Crippen molar-refractivity contribution in [3.05, 3.63) is 84.4 Å². The molecule has 5 nitrogen and oxygen atoms in total. The topological polar surface area (TPSA) is 71.1 Å². The number of nitrogens with one attached hydrogen (secondary N) is 2. The van der Waals surface area contributed by atoms with Crippen LogP contribution in [0.5, 0.6) is 0 Å². The molecule has 0 radical (unpaired) electrons. The van der Waals surface area contributed by atoms with Gasteiger partial charge in [0.15, 0.2) is 5.13 Å². The molecular formula is C28H27N3O2S2. The van der Waals surface area contributed by atoms with Gasteiger partial charge in [0, 0.05) is 16.5 Å². The molecule has 0 aliphatic heterocycles. The van der Waals surface area contributed by atoms with Crippen LogP contribution in [0.3, 0.4) is 0 Å². The Morgan fingerprint density at radius 1 is 0.857 bits per heavy atom. The van der Waals surface area contributed by atoms with E-state index in [9.17, 15) is 9.59 Å². The lowest BCUT2D eigenvalue weighted by atomic mass is 9.88. The monoisotopic (exact) mass is 501 g/mol. The summed E-state index contributed by atoms with van der Waals surface area (Å²) in [5.41, 5.74) is 2.59. The first kappa shape index (κ1) is 23.6. The minimum Gasteiger partial charge on any atom is -0.326 e. The third-order valence-corrected chi connectivity index (χ3v) is 8.43. The SMILES string of the molecule is O=C(Nc1ccc(SC(C(=O)Nc2nc3ccccc3s2)c2ccccc2)cc1)C1CCCCC1. The molecule has 5 rings (SSSR count). The number of para-hydroxylation sites is 1. The van der Waals surface area contributed by atoms with Gasteiger partial charge in [-0.15, -0.1) is 11.8 Å². The van der Waals surface area contributed by atoms with Crippen LogP contribution in [0.15, 0.2) is 83.8 Å². The highest BCUT2D eigenvalue weighted by molar-refractivity contribution is 8.00. The number of anilines is 2. The predicted molar refractivity (Wildman–Crippen MR) is 145 cm³/mol. The van der Waals surface area contributed by atoms with E-state index in [1.807, 2.05) is 78.9 Å². The summed E-state index contributed by atoms with van der Waals surface area (Å²) in [7, 11) is 0. The second kappa shape index (κ2) is 11.1. The highest BCUT2D eigenvalue weighted by atomic mass is 32.2. The maximum absolute atomic E-state index is 13.4. The number of hydrogen-bond acceptors (Lipinski definition) is 5. The van der Waals surface area contributed by atoms with Crippen LogP contribution in [0.25, 0.3) is 10.2 Å². The van der Waals surface area contributed by atoms with Gasteiger partial charge in [0.1, 0.15) is 5.25 Å². The van der Waals surface area contributed by atoms with Crippen LogP contribution in [-0.4, -0.2) is 16.8 Å². The number of benzene rings is 3. The smallest absolute Gasteiger partial charge is 0.244 e. The molecule has 1 atom stereocenters. The predicted octanol–water partition coefficient (Wildman–Crippen LogP) is 7.29. The molecule has 1 unspecified atom stereocenters. The van der Waals surface area contributed by atoms with Crippen LogP contribution < -0.4 is 10.6 Å². The Morgan fingerprint density at radius 2 is 1.57 bits per heavy atom. The molecule has 4 aromatic rings. The molecule has 2 amide bonds. The lowest BCUT2D eigenvalue weighted by Gasteiger charge is -2.21. The van der Waals surface area contributed by atoms with E-state index in [0.717, 1.165) is 52.0 Å². The van der Waals surface area contributed by atoms with Crippen molar-refractivity contribution >= 4 is 55.9 Å². The third kappa shape index (κ3) is 5.92. The number of aromatic nitrogens is 1. The molecule has 178 valence electrons. The number of thiazole rings is 1. The average molecular weight is 502 g/mol. The first-order chi connectivity index (χ1) is 17.2. The Hall–Kier alpha value is -3.16. The summed E-state index contributed by atoms with van der Waals surface area (Å²) in [5.74, 6) is 0.115. The third-order valence-electron chi connectivity index (χ3n) is 6.22. The molecule has 1 aliphatic carbocycles. The quantitative estimate of drug-likeness (QED) is 0.261. The highest BCUT2D eigenvalue weighted by Crippen LogP contribution is 2.37. The van der Waals surface area contributed by atoms with Crippen LogP contribution in [-0.2, 0) is 9.59 Å². The number of hydrogen-bond donors (Lipinski definition) is 2. The van der Waals surface area contributed by atoms with Crippen molar-refractivity contribution in [3.8, 4) is 0 Å². The minimum absolute atomic E-state index is 0.113. The normalized spacial score (nSPS) is 15.0. The van der Waals surface area contributed by atoms with E-state index in [4.69, 9.17) is 0 Å². The summed E-state index contributed by atoms with van der Waals surface area (Å²) < 4.78 is 1.04. The molecule has 0 bridgehead atoms. The second-order valence-electron chi connectivity index (χ2n) is 8.73. The largest absolute Gasteiger partial charge is 0.326 e. The molecule has 1 aromatic heterocycles. The fraction of sp³-hybridized carbons (Fsp3) is 0.250. The summed E-state index contributed by atoms with van der Waals surface area (Å²) in [6.07, 6.45) is 5.44. The van der Waals surface area contributed by atoms with Gasteiger partial charge in [-0.3, -0.25) is 9.59 Å². The number of thioether (sulfide) groups is 1. The number of fused-ring (bicyclic) bond motifs is 1. The van der Waals surface area contributed by atoms with Crippen molar-refractivity contribution in [3.63, 3.8) is 0 Å². The fourth-order valence-corrected chi connectivity index (χ4v) is 6.25. The van der Waals surface area contributed by atoms with Gasteiger partial charge in [0.05, 0.1) is 10.2 Å². The van der Waals surface area contributed by atoms with E-state index in [1.54, 1.807) is 0 Å². The molecule has 2 N–H and O–H groups in total. The number of amides is 2. The molecule has 1 saturated carbocycles. The van der Waals surface area contributed by atoms with Crippen molar-refractivity contribution < 1.29 is 9.59 Å². The van der Waals surface area contributed by atoms with Gasteiger partial charge in [-0.1, -0.05) is 73.1 Å². The molecule has 0 saturated heterocycles. The van der Waals surface area contributed by atoms with Gasteiger partial charge in [-0.05, 0) is 54.8 Å². The zero-order valence-electron chi connectivity index (χ0n) is 19.3. The number of rotatable bonds is 7. The standard InChI is InChI=1S/C28H27N3O2S2/c32-26(20-11-5-2-6-12-20)29-21-15-17-22(18-16-21)34-25(19-9-3-1-4-10-19)27(33)31-28-30-23-13-7-8-14-24(23)35-28/h1,3-4,7-10,13-18,20,25H,2,5-6,11-12H2,(H,29,32)(H,30,31,33). The zero-order chi connectivity index (χ0) is 24.0. The average Bonchev–Trinajstić information content (AvgIpc) is 3.31. The van der Waals surface area contributed by atoms with Crippen molar-refractivity contribution in [2.75, 3.05) is 10.6 Å². The second-order valence-corrected chi connectivity index (χ2v) is 10.9. The molecule has 1 aliphatic rings. The van der Waals surface area contributed by atoms with Crippen LogP contribution in [0.4, 0.5) is 10.8 Å². The Kier molecular flexibility index (Phi) is 7.45. The van der Waals surface area contributed by atoms with Gasteiger partial charge < -0.3 is 10.6 Å². The van der Waals surface area contributed by atoms with Crippen LogP contribution in [0.2, 0.25) is 0 Å². The van der Waals surface area contributed by atoms with E-state index >= 15 is 0 Å².